The second-order valence-electron chi connectivity index (χ2n) is 4.48. The van der Waals surface area contributed by atoms with E-state index in [-0.39, 0.29) is 19.1 Å². The molecule has 1 heterocycles. The van der Waals surface area contributed by atoms with Gasteiger partial charge in [0.2, 0.25) is 0 Å². The SMILES string of the molecule is N=C(N)C(CN1CCC(CCO)C1)C(F)(F)F. The molecule has 0 aromatic rings. The van der Waals surface area contributed by atoms with Crippen LogP contribution >= 0.6 is 0 Å². The molecule has 0 radical (unpaired) electrons. The van der Waals surface area contributed by atoms with Crippen LogP contribution in [0.1, 0.15) is 12.8 Å². The molecule has 1 aliphatic heterocycles. The first-order valence-electron chi connectivity index (χ1n) is 5.58. The standard InChI is InChI=1S/C10H18F3N3O/c11-10(12,13)8(9(14)15)6-16-3-1-7(5-16)2-4-17/h7-8,17H,1-6H2,(H3,14,15). The first-order chi connectivity index (χ1) is 7.84. The number of hydrogen-bond donors (Lipinski definition) is 3. The van der Waals surface area contributed by atoms with Gasteiger partial charge in [0.05, 0.1) is 0 Å². The van der Waals surface area contributed by atoms with Crippen molar-refractivity contribution in [3.63, 3.8) is 0 Å². The van der Waals surface area contributed by atoms with E-state index < -0.39 is 17.9 Å². The Morgan fingerprint density at radius 3 is 2.65 bits per heavy atom. The predicted octanol–water partition coefficient (Wildman–Crippen LogP) is 0.805. The highest BCUT2D eigenvalue weighted by Gasteiger charge is 2.43. The lowest BCUT2D eigenvalue weighted by Gasteiger charge is -2.24. The normalized spacial score (nSPS) is 23.9. The van der Waals surface area contributed by atoms with Crippen LogP contribution in [-0.4, -0.2) is 48.3 Å². The van der Waals surface area contributed by atoms with E-state index in [0.29, 0.717) is 19.5 Å². The first kappa shape index (κ1) is 14.2. The number of nitrogens with two attached hydrogens (primary N) is 1. The number of rotatable bonds is 5. The van der Waals surface area contributed by atoms with Gasteiger partial charge in [0.1, 0.15) is 11.8 Å². The third kappa shape index (κ3) is 4.16. The molecule has 100 valence electrons. The lowest BCUT2D eigenvalue weighted by molar-refractivity contribution is -0.159. The number of aliphatic hydroxyl groups is 1. The molecule has 0 bridgehead atoms. The van der Waals surface area contributed by atoms with E-state index in [9.17, 15) is 13.2 Å². The third-order valence-electron chi connectivity index (χ3n) is 3.12. The molecule has 0 saturated carbocycles. The van der Waals surface area contributed by atoms with Crippen LogP contribution in [0.4, 0.5) is 13.2 Å². The van der Waals surface area contributed by atoms with Crippen LogP contribution in [0, 0.1) is 17.2 Å². The smallest absolute Gasteiger partial charge is 0.396 e. The fraction of sp³-hybridized carbons (Fsp3) is 0.900. The Morgan fingerprint density at radius 2 is 2.18 bits per heavy atom. The summed E-state index contributed by atoms with van der Waals surface area (Å²) in [6.45, 7) is 0.930. The van der Waals surface area contributed by atoms with E-state index in [1.165, 1.54) is 0 Å². The van der Waals surface area contributed by atoms with Crippen molar-refractivity contribution in [1.29, 1.82) is 5.41 Å². The second-order valence-corrected chi connectivity index (χ2v) is 4.48. The Labute approximate surface area is 98.1 Å². The summed E-state index contributed by atoms with van der Waals surface area (Å²) in [4.78, 5) is 1.67. The zero-order valence-electron chi connectivity index (χ0n) is 9.50. The molecule has 4 N–H and O–H groups in total. The van der Waals surface area contributed by atoms with Crippen LogP contribution < -0.4 is 5.73 Å². The van der Waals surface area contributed by atoms with Gasteiger partial charge in [-0.2, -0.15) is 13.2 Å². The molecule has 2 unspecified atom stereocenters. The van der Waals surface area contributed by atoms with Crippen molar-refractivity contribution in [3.05, 3.63) is 0 Å². The van der Waals surface area contributed by atoms with Gasteiger partial charge in [-0.05, 0) is 25.3 Å². The molecule has 7 heteroatoms. The third-order valence-corrected chi connectivity index (χ3v) is 3.12. The minimum absolute atomic E-state index is 0.0634. The number of halogens is 3. The predicted molar refractivity (Wildman–Crippen MR) is 57.7 cm³/mol. The number of amidine groups is 1. The molecule has 0 aromatic heterocycles. The molecule has 1 rings (SSSR count). The zero-order valence-corrected chi connectivity index (χ0v) is 9.50. The number of nitrogens with zero attached hydrogens (tertiary/aromatic N) is 1. The minimum Gasteiger partial charge on any atom is -0.396 e. The van der Waals surface area contributed by atoms with Gasteiger partial charge in [-0.1, -0.05) is 0 Å². The summed E-state index contributed by atoms with van der Waals surface area (Å²) in [5, 5.41) is 15.8. The molecule has 4 nitrogen and oxygen atoms in total. The summed E-state index contributed by atoms with van der Waals surface area (Å²) >= 11 is 0. The number of hydrogen-bond acceptors (Lipinski definition) is 3. The van der Waals surface area contributed by atoms with Crippen molar-refractivity contribution in [1.82, 2.24) is 4.90 Å². The Kier molecular flexibility index (Phi) is 4.76. The maximum absolute atomic E-state index is 12.6. The fourth-order valence-electron chi connectivity index (χ4n) is 2.13. The summed E-state index contributed by atoms with van der Waals surface area (Å²) < 4.78 is 37.7. The second kappa shape index (κ2) is 5.68. The highest BCUT2D eigenvalue weighted by molar-refractivity contribution is 5.80. The number of aliphatic hydroxyl groups excluding tert-OH is 1. The van der Waals surface area contributed by atoms with Gasteiger partial charge < -0.3 is 15.7 Å². The maximum atomic E-state index is 12.6. The summed E-state index contributed by atoms with van der Waals surface area (Å²) in [7, 11) is 0. The average molecular weight is 253 g/mol. The van der Waals surface area contributed by atoms with E-state index in [1.54, 1.807) is 4.90 Å². The highest BCUT2D eigenvalue weighted by Crippen LogP contribution is 2.29. The molecule has 0 spiro atoms. The van der Waals surface area contributed by atoms with Crippen molar-refractivity contribution < 1.29 is 18.3 Å². The number of likely N-dealkylation sites (tertiary alicyclic amines) is 1. The molecule has 1 aliphatic rings. The molecular formula is C10H18F3N3O. The summed E-state index contributed by atoms with van der Waals surface area (Å²) in [5.41, 5.74) is 4.99. The Balaban J connectivity index is 2.50. The van der Waals surface area contributed by atoms with Crippen LogP contribution in [0.25, 0.3) is 0 Å². The molecule has 17 heavy (non-hydrogen) atoms. The van der Waals surface area contributed by atoms with E-state index >= 15 is 0 Å². The Hall–Kier alpha value is -0.820. The van der Waals surface area contributed by atoms with Crippen molar-refractivity contribution in [2.24, 2.45) is 17.6 Å². The first-order valence-corrected chi connectivity index (χ1v) is 5.58. The molecule has 2 atom stereocenters. The molecular weight excluding hydrogens is 235 g/mol. The van der Waals surface area contributed by atoms with E-state index in [1.807, 2.05) is 0 Å². The van der Waals surface area contributed by atoms with Gasteiger partial charge in [-0.25, -0.2) is 0 Å². The van der Waals surface area contributed by atoms with Crippen LogP contribution in [-0.2, 0) is 0 Å². The van der Waals surface area contributed by atoms with Gasteiger partial charge in [-0.15, -0.1) is 0 Å². The van der Waals surface area contributed by atoms with Crippen molar-refractivity contribution in [2.75, 3.05) is 26.2 Å². The highest BCUT2D eigenvalue weighted by atomic mass is 19.4. The van der Waals surface area contributed by atoms with Crippen molar-refractivity contribution >= 4 is 5.84 Å². The van der Waals surface area contributed by atoms with Crippen LogP contribution in [0.3, 0.4) is 0 Å². The molecule has 0 amide bonds. The van der Waals surface area contributed by atoms with E-state index in [0.717, 1.165) is 6.42 Å². The Bertz CT molecular complexity index is 270. The molecule has 1 saturated heterocycles. The largest absolute Gasteiger partial charge is 0.399 e. The topological polar surface area (TPSA) is 73.3 Å². The quantitative estimate of drug-likeness (QED) is 0.501. The molecule has 0 aliphatic carbocycles. The minimum atomic E-state index is -4.46. The van der Waals surface area contributed by atoms with Gasteiger partial charge in [0, 0.05) is 19.7 Å². The van der Waals surface area contributed by atoms with Crippen molar-refractivity contribution in [2.45, 2.75) is 19.0 Å². The lowest BCUT2D eigenvalue weighted by Crippen LogP contribution is -2.43. The summed E-state index contributed by atoms with van der Waals surface area (Å²) in [6, 6.07) is 0. The lowest BCUT2D eigenvalue weighted by atomic mass is 10.1. The maximum Gasteiger partial charge on any atom is 0.399 e. The van der Waals surface area contributed by atoms with Crippen LogP contribution in [0.15, 0.2) is 0 Å². The van der Waals surface area contributed by atoms with Crippen LogP contribution in [0.5, 0.6) is 0 Å². The number of alkyl halides is 3. The molecule has 1 fully saturated rings. The number of nitrogens with one attached hydrogen (secondary N) is 1. The fourth-order valence-corrected chi connectivity index (χ4v) is 2.13. The zero-order chi connectivity index (χ0) is 13.1. The van der Waals surface area contributed by atoms with Crippen LogP contribution in [0.2, 0.25) is 0 Å². The van der Waals surface area contributed by atoms with Gasteiger partial charge in [-0.3, -0.25) is 5.41 Å². The van der Waals surface area contributed by atoms with E-state index in [4.69, 9.17) is 16.2 Å². The summed E-state index contributed by atoms with van der Waals surface area (Å²) in [5.74, 6) is -2.46. The van der Waals surface area contributed by atoms with Gasteiger partial charge in [0.25, 0.3) is 0 Å². The monoisotopic (exact) mass is 253 g/mol. The van der Waals surface area contributed by atoms with E-state index in [2.05, 4.69) is 0 Å². The van der Waals surface area contributed by atoms with Gasteiger partial charge in [0.15, 0.2) is 0 Å². The van der Waals surface area contributed by atoms with Crippen molar-refractivity contribution in [3.8, 4) is 0 Å². The summed E-state index contributed by atoms with van der Waals surface area (Å²) in [6.07, 6.45) is -3.04. The Morgan fingerprint density at radius 1 is 1.53 bits per heavy atom. The average Bonchev–Trinajstić information content (AvgIpc) is 2.60. The molecule has 0 aromatic carbocycles. The van der Waals surface area contributed by atoms with Gasteiger partial charge >= 0.3 is 6.18 Å².